The predicted molar refractivity (Wildman–Crippen MR) is 99.7 cm³/mol. The van der Waals surface area contributed by atoms with Gasteiger partial charge < -0.3 is 16.0 Å². The van der Waals surface area contributed by atoms with Crippen LogP contribution in [0.15, 0.2) is 18.2 Å². The highest BCUT2D eigenvalue weighted by atomic mass is 35.5. The van der Waals surface area contributed by atoms with Crippen molar-refractivity contribution in [2.24, 2.45) is 11.8 Å². The molecule has 1 rings (SSSR count). The lowest BCUT2D eigenvalue weighted by Gasteiger charge is -2.22. The average molecular weight is 368 g/mol. The normalized spacial score (nSPS) is 12.0. The number of rotatable bonds is 7. The van der Waals surface area contributed by atoms with Gasteiger partial charge in [-0.15, -0.1) is 0 Å². The van der Waals surface area contributed by atoms with Gasteiger partial charge in [0.25, 0.3) is 5.91 Å². The fourth-order valence-electron chi connectivity index (χ4n) is 2.26. The van der Waals surface area contributed by atoms with Gasteiger partial charge >= 0.3 is 0 Å². The van der Waals surface area contributed by atoms with Crippen molar-refractivity contribution in [1.29, 1.82) is 0 Å². The molecule has 0 fully saturated rings. The summed E-state index contributed by atoms with van der Waals surface area (Å²) in [6.07, 6.45) is 0.351. The first-order valence-corrected chi connectivity index (χ1v) is 8.65. The van der Waals surface area contributed by atoms with Crippen molar-refractivity contribution in [2.75, 3.05) is 12.4 Å². The summed E-state index contributed by atoms with van der Waals surface area (Å²) < 4.78 is 0. The van der Waals surface area contributed by atoms with E-state index in [4.69, 9.17) is 11.6 Å². The molecule has 3 amide bonds. The highest BCUT2D eigenvalue weighted by Gasteiger charge is 2.25. The van der Waals surface area contributed by atoms with Gasteiger partial charge in [-0.3, -0.25) is 14.4 Å². The van der Waals surface area contributed by atoms with Crippen LogP contribution in [0.5, 0.6) is 0 Å². The lowest BCUT2D eigenvalue weighted by atomic mass is 10.0. The Morgan fingerprint density at radius 3 is 2.28 bits per heavy atom. The van der Waals surface area contributed by atoms with E-state index in [0.717, 1.165) is 0 Å². The molecule has 0 saturated heterocycles. The summed E-state index contributed by atoms with van der Waals surface area (Å²) in [7, 11) is 1.52. The molecule has 0 aromatic heterocycles. The maximum atomic E-state index is 12.6. The number of amides is 3. The fourth-order valence-corrected chi connectivity index (χ4v) is 2.42. The molecule has 1 unspecified atom stereocenters. The van der Waals surface area contributed by atoms with Crippen molar-refractivity contribution in [2.45, 2.75) is 40.2 Å². The van der Waals surface area contributed by atoms with E-state index in [9.17, 15) is 14.4 Å². The van der Waals surface area contributed by atoms with Crippen LogP contribution in [-0.4, -0.2) is 30.8 Å². The van der Waals surface area contributed by atoms with Crippen LogP contribution >= 0.6 is 11.6 Å². The number of carbonyl (C=O) groups excluding carboxylic acids is 3. The molecule has 6 nitrogen and oxygen atoms in total. The van der Waals surface area contributed by atoms with Crippen LogP contribution in [0.2, 0.25) is 5.02 Å². The van der Waals surface area contributed by atoms with Crippen LogP contribution in [0, 0.1) is 11.8 Å². The summed E-state index contributed by atoms with van der Waals surface area (Å²) in [6, 6.07) is 3.93. The van der Waals surface area contributed by atoms with Crippen LogP contribution in [0.3, 0.4) is 0 Å². The van der Waals surface area contributed by atoms with Gasteiger partial charge in [-0.05, 0) is 30.0 Å². The lowest BCUT2D eigenvalue weighted by molar-refractivity contribution is -0.127. The Kier molecular flexibility index (Phi) is 7.90. The van der Waals surface area contributed by atoms with Crippen molar-refractivity contribution in [3.05, 3.63) is 28.8 Å². The minimum atomic E-state index is -0.689. The van der Waals surface area contributed by atoms with Crippen LogP contribution in [0.1, 0.15) is 44.5 Å². The summed E-state index contributed by atoms with van der Waals surface area (Å²) in [5, 5.41) is 8.30. The van der Waals surface area contributed by atoms with E-state index >= 15 is 0 Å². The minimum Gasteiger partial charge on any atom is -0.355 e. The molecule has 25 heavy (non-hydrogen) atoms. The molecular weight excluding hydrogens is 342 g/mol. The van der Waals surface area contributed by atoms with Gasteiger partial charge in [0.05, 0.1) is 10.7 Å². The number of hydrogen-bond acceptors (Lipinski definition) is 3. The van der Waals surface area contributed by atoms with E-state index in [1.807, 2.05) is 27.7 Å². The van der Waals surface area contributed by atoms with E-state index < -0.39 is 6.04 Å². The third kappa shape index (κ3) is 6.38. The van der Waals surface area contributed by atoms with E-state index in [0.29, 0.717) is 22.7 Å². The molecule has 3 N–H and O–H groups in total. The molecule has 1 atom stereocenters. The van der Waals surface area contributed by atoms with Gasteiger partial charge in [-0.1, -0.05) is 39.3 Å². The maximum absolute atomic E-state index is 12.6. The SMILES string of the molecule is CNC(=O)c1ccc(Cl)c(NC(=O)C(NC(=O)CC(C)C)C(C)C)c1. The highest BCUT2D eigenvalue weighted by Crippen LogP contribution is 2.23. The molecule has 0 saturated carbocycles. The number of carbonyl (C=O) groups is 3. The lowest BCUT2D eigenvalue weighted by Crippen LogP contribution is -2.47. The van der Waals surface area contributed by atoms with Gasteiger partial charge in [0.1, 0.15) is 6.04 Å². The molecule has 1 aromatic carbocycles. The number of hydrogen-bond donors (Lipinski definition) is 3. The first-order chi connectivity index (χ1) is 11.6. The minimum absolute atomic E-state index is 0.1000. The van der Waals surface area contributed by atoms with E-state index in [1.54, 1.807) is 12.1 Å². The van der Waals surface area contributed by atoms with Crippen molar-refractivity contribution >= 4 is 35.0 Å². The Morgan fingerprint density at radius 2 is 1.76 bits per heavy atom. The zero-order valence-electron chi connectivity index (χ0n) is 15.3. The van der Waals surface area contributed by atoms with Crippen LogP contribution in [-0.2, 0) is 9.59 Å². The molecule has 138 valence electrons. The zero-order valence-corrected chi connectivity index (χ0v) is 16.0. The molecular formula is C18H26ClN3O3. The quantitative estimate of drug-likeness (QED) is 0.692. The third-order valence-electron chi connectivity index (χ3n) is 3.57. The molecule has 0 aliphatic rings. The summed E-state index contributed by atoms with van der Waals surface area (Å²) in [4.78, 5) is 36.3. The molecule has 0 heterocycles. The molecule has 0 spiro atoms. The van der Waals surface area contributed by atoms with Crippen molar-refractivity contribution in [1.82, 2.24) is 10.6 Å². The summed E-state index contributed by atoms with van der Waals surface area (Å²) in [5.74, 6) is -0.721. The Bertz CT molecular complexity index is 644. The van der Waals surface area contributed by atoms with Crippen molar-refractivity contribution in [3.63, 3.8) is 0 Å². The second kappa shape index (κ2) is 9.42. The van der Waals surface area contributed by atoms with Crippen molar-refractivity contribution < 1.29 is 14.4 Å². The first-order valence-electron chi connectivity index (χ1n) is 8.27. The van der Waals surface area contributed by atoms with Crippen LogP contribution in [0.4, 0.5) is 5.69 Å². The second-order valence-corrected chi connectivity index (χ2v) is 7.06. The molecule has 1 aromatic rings. The summed E-state index contributed by atoms with van der Waals surface area (Å²) in [6.45, 7) is 7.58. The monoisotopic (exact) mass is 367 g/mol. The average Bonchev–Trinajstić information content (AvgIpc) is 2.52. The molecule has 0 aliphatic carbocycles. The second-order valence-electron chi connectivity index (χ2n) is 6.65. The van der Waals surface area contributed by atoms with Crippen molar-refractivity contribution in [3.8, 4) is 0 Å². The van der Waals surface area contributed by atoms with E-state index in [2.05, 4.69) is 16.0 Å². The third-order valence-corrected chi connectivity index (χ3v) is 3.90. The van der Waals surface area contributed by atoms with E-state index in [1.165, 1.54) is 13.1 Å². The summed E-state index contributed by atoms with van der Waals surface area (Å²) >= 11 is 6.11. The van der Waals surface area contributed by atoms with E-state index in [-0.39, 0.29) is 29.6 Å². The number of anilines is 1. The van der Waals surface area contributed by atoms with Gasteiger partial charge in [0, 0.05) is 19.0 Å². The fraction of sp³-hybridized carbons (Fsp3) is 0.500. The number of halogens is 1. The van der Waals surface area contributed by atoms with Gasteiger partial charge in [-0.25, -0.2) is 0 Å². The molecule has 0 radical (unpaired) electrons. The summed E-state index contributed by atoms with van der Waals surface area (Å²) in [5.41, 5.74) is 0.712. The Labute approximate surface area is 153 Å². The van der Waals surface area contributed by atoms with Crippen LogP contribution in [0.25, 0.3) is 0 Å². The molecule has 0 aliphatic heterocycles. The number of benzene rings is 1. The largest absolute Gasteiger partial charge is 0.355 e. The Hall–Kier alpha value is -2.08. The number of nitrogens with one attached hydrogen (secondary N) is 3. The smallest absolute Gasteiger partial charge is 0.251 e. The Morgan fingerprint density at radius 1 is 1.12 bits per heavy atom. The van der Waals surface area contributed by atoms with Gasteiger partial charge in [0.2, 0.25) is 11.8 Å². The highest BCUT2D eigenvalue weighted by molar-refractivity contribution is 6.34. The maximum Gasteiger partial charge on any atom is 0.251 e. The standard InChI is InChI=1S/C18H26ClN3O3/c1-10(2)8-15(23)22-16(11(3)4)18(25)21-14-9-12(17(24)20-5)6-7-13(14)19/h6-7,9-11,16H,8H2,1-5H3,(H,20,24)(H,21,25)(H,22,23). The van der Waals surface area contributed by atoms with Gasteiger partial charge in [0.15, 0.2) is 0 Å². The molecule has 0 bridgehead atoms. The first kappa shape index (κ1) is 21.0. The molecule has 7 heteroatoms. The predicted octanol–water partition coefficient (Wildman–Crippen LogP) is 2.83. The topological polar surface area (TPSA) is 87.3 Å². The van der Waals surface area contributed by atoms with Gasteiger partial charge in [-0.2, -0.15) is 0 Å². The van der Waals surface area contributed by atoms with Crippen LogP contribution < -0.4 is 16.0 Å². The zero-order chi connectivity index (χ0) is 19.1. The Balaban J connectivity index is 2.93.